The number of nitrogens with zero attached hydrogens (tertiary/aromatic N) is 1. The second-order valence-electron chi connectivity index (χ2n) is 6.11. The van der Waals surface area contributed by atoms with Crippen LogP contribution in [0.25, 0.3) is 0 Å². The van der Waals surface area contributed by atoms with E-state index in [2.05, 4.69) is 5.32 Å². The fraction of sp³-hybridized carbons (Fsp3) is 0.278. The largest absolute Gasteiger partial charge is 0.345 e. The van der Waals surface area contributed by atoms with Gasteiger partial charge in [0, 0.05) is 16.1 Å². The first-order chi connectivity index (χ1) is 12.0. The first-order valence-corrected chi connectivity index (χ1v) is 8.71. The van der Waals surface area contributed by atoms with Crippen LogP contribution >= 0.6 is 23.2 Å². The molecule has 0 saturated heterocycles. The van der Waals surface area contributed by atoms with E-state index >= 15 is 0 Å². The van der Waals surface area contributed by atoms with E-state index in [4.69, 9.17) is 23.2 Å². The van der Waals surface area contributed by atoms with Gasteiger partial charge in [0.15, 0.2) is 0 Å². The molecule has 3 rings (SSSR count). The molecule has 0 aliphatic heterocycles. The Morgan fingerprint density at radius 1 is 1.12 bits per heavy atom. The van der Waals surface area contributed by atoms with Crippen LogP contribution in [-0.4, -0.2) is 10.8 Å². The van der Waals surface area contributed by atoms with Gasteiger partial charge < -0.3 is 5.32 Å². The molecule has 0 bridgehead atoms. The van der Waals surface area contributed by atoms with Crippen molar-refractivity contribution in [1.82, 2.24) is 5.32 Å². The van der Waals surface area contributed by atoms with Crippen molar-refractivity contribution < 1.29 is 9.72 Å². The molecule has 25 heavy (non-hydrogen) atoms. The summed E-state index contributed by atoms with van der Waals surface area (Å²) in [5.41, 5.74) is 0.653. The number of amides is 1. The normalized spacial score (nSPS) is 15.3. The third kappa shape index (κ3) is 3.94. The number of rotatable bonds is 5. The Morgan fingerprint density at radius 2 is 1.76 bits per heavy atom. The van der Waals surface area contributed by atoms with E-state index in [0.29, 0.717) is 10.9 Å². The van der Waals surface area contributed by atoms with E-state index < -0.39 is 10.8 Å². The van der Waals surface area contributed by atoms with Crippen molar-refractivity contribution in [3.8, 4) is 0 Å². The fourth-order valence-electron chi connectivity index (χ4n) is 2.98. The zero-order valence-electron chi connectivity index (χ0n) is 13.2. The molecule has 130 valence electrons. The third-order valence-electron chi connectivity index (χ3n) is 4.54. The summed E-state index contributed by atoms with van der Waals surface area (Å²) in [6.45, 7) is 0. The first kappa shape index (κ1) is 17.7. The van der Waals surface area contributed by atoms with Gasteiger partial charge in [0.2, 0.25) is 0 Å². The number of carbonyl (C=O) groups is 1. The number of nitro benzene ring substituents is 1. The Hall–Kier alpha value is -2.11. The van der Waals surface area contributed by atoms with E-state index in [0.717, 1.165) is 24.8 Å². The van der Waals surface area contributed by atoms with Crippen LogP contribution in [0.1, 0.15) is 41.2 Å². The second-order valence-corrected chi connectivity index (χ2v) is 6.99. The Balaban J connectivity index is 1.88. The van der Waals surface area contributed by atoms with Crippen molar-refractivity contribution in [2.75, 3.05) is 0 Å². The molecular weight excluding hydrogens is 363 g/mol. The molecule has 1 N–H and O–H groups in total. The third-order valence-corrected chi connectivity index (χ3v) is 5.03. The van der Waals surface area contributed by atoms with E-state index in [-0.39, 0.29) is 22.3 Å². The molecule has 1 saturated carbocycles. The Labute approximate surface area is 155 Å². The van der Waals surface area contributed by atoms with E-state index in [1.54, 1.807) is 12.1 Å². The number of nitro groups is 1. The van der Waals surface area contributed by atoms with Gasteiger partial charge in [-0.05, 0) is 48.6 Å². The summed E-state index contributed by atoms with van der Waals surface area (Å²) in [5, 5.41) is 15.0. The van der Waals surface area contributed by atoms with Gasteiger partial charge in [0.25, 0.3) is 11.6 Å². The highest BCUT2D eigenvalue weighted by Gasteiger charge is 2.31. The van der Waals surface area contributed by atoms with Gasteiger partial charge in [-0.25, -0.2) is 0 Å². The summed E-state index contributed by atoms with van der Waals surface area (Å²) in [4.78, 5) is 23.3. The molecule has 1 amide bonds. The number of nitrogens with one attached hydrogen (secondary N) is 1. The lowest BCUT2D eigenvalue weighted by molar-refractivity contribution is -0.385. The summed E-state index contributed by atoms with van der Waals surface area (Å²) in [7, 11) is 0. The number of carbonyl (C=O) groups excluding carboxylic acids is 1. The molecule has 0 spiro atoms. The molecule has 1 aliphatic rings. The topological polar surface area (TPSA) is 72.2 Å². The Bertz CT molecular complexity index is 804. The highest BCUT2D eigenvalue weighted by atomic mass is 35.5. The zero-order valence-corrected chi connectivity index (χ0v) is 14.8. The molecule has 0 radical (unpaired) electrons. The summed E-state index contributed by atoms with van der Waals surface area (Å²) in [6.07, 6.45) is 3.14. The molecule has 1 unspecified atom stereocenters. The van der Waals surface area contributed by atoms with Crippen LogP contribution in [-0.2, 0) is 0 Å². The zero-order chi connectivity index (χ0) is 18.0. The summed E-state index contributed by atoms with van der Waals surface area (Å²) in [6, 6.07) is 11.2. The molecule has 2 aromatic carbocycles. The standard InChI is InChI=1S/C18H16Cl2N2O3/c19-13-6-4-12(5-7-13)17(11-2-1-3-11)21-18(23)15-9-8-14(20)10-16(15)22(24)25/h4-11,17H,1-3H2,(H,21,23). The van der Waals surface area contributed by atoms with Gasteiger partial charge in [-0.2, -0.15) is 0 Å². The SMILES string of the molecule is O=C(NC(c1ccc(Cl)cc1)C1CCC1)c1ccc(Cl)cc1[N+](=O)[O-]. The predicted octanol–water partition coefficient (Wildman–Crippen LogP) is 5.17. The maximum Gasteiger partial charge on any atom is 0.283 e. The van der Waals surface area contributed by atoms with Crippen molar-refractivity contribution in [3.63, 3.8) is 0 Å². The second kappa shape index (κ2) is 7.42. The number of halogens is 2. The summed E-state index contributed by atoms with van der Waals surface area (Å²) >= 11 is 11.8. The smallest absolute Gasteiger partial charge is 0.283 e. The predicted molar refractivity (Wildman–Crippen MR) is 97.1 cm³/mol. The molecule has 1 atom stereocenters. The quantitative estimate of drug-likeness (QED) is 0.575. The van der Waals surface area contributed by atoms with Crippen LogP contribution in [0.3, 0.4) is 0 Å². The lowest BCUT2D eigenvalue weighted by Crippen LogP contribution is -2.36. The maximum absolute atomic E-state index is 12.7. The summed E-state index contributed by atoms with van der Waals surface area (Å²) < 4.78 is 0. The van der Waals surface area contributed by atoms with Gasteiger partial charge in [-0.1, -0.05) is 41.8 Å². The monoisotopic (exact) mass is 378 g/mol. The van der Waals surface area contributed by atoms with Crippen molar-refractivity contribution in [2.24, 2.45) is 5.92 Å². The minimum Gasteiger partial charge on any atom is -0.345 e. The maximum atomic E-state index is 12.7. The average Bonchev–Trinajstić information content (AvgIpc) is 2.53. The molecule has 1 fully saturated rings. The van der Waals surface area contributed by atoms with Crippen LogP contribution in [0, 0.1) is 16.0 Å². The van der Waals surface area contributed by atoms with Crippen molar-refractivity contribution in [3.05, 3.63) is 73.8 Å². The van der Waals surface area contributed by atoms with Gasteiger partial charge >= 0.3 is 0 Å². The minimum absolute atomic E-state index is 0.00712. The van der Waals surface area contributed by atoms with E-state index in [1.807, 2.05) is 12.1 Å². The van der Waals surface area contributed by atoms with Crippen LogP contribution < -0.4 is 5.32 Å². The van der Waals surface area contributed by atoms with E-state index in [9.17, 15) is 14.9 Å². The lowest BCUT2D eigenvalue weighted by atomic mass is 9.77. The fourth-order valence-corrected chi connectivity index (χ4v) is 3.28. The highest BCUT2D eigenvalue weighted by molar-refractivity contribution is 6.31. The molecule has 7 heteroatoms. The van der Waals surface area contributed by atoms with Crippen molar-refractivity contribution in [1.29, 1.82) is 0 Å². The Morgan fingerprint density at radius 3 is 2.32 bits per heavy atom. The molecule has 0 aromatic heterocycles. The van der Waals surface area contributed by atoms with Gasteiger partial charge in [0.05, 0.1) is 11.0 Å². The molecule has 1 aliphatic carbocycles. The van der Waals surface area contributed by atoms with Crippen molar-refractivity contribution >= 4 is 34.8 Å². The van der Waals surface area contributed by atoms with Gasteiger partial charge in [-0.3, -0.25) is 14.9 Å². The van der Waals surface area contributed by atoms with Crippen LogP contribution in [0.15, 0.2) is 42.5 Å². The van der Waals surface area contributed by atoms with Gasteiger partial charge in [0.1, 0.15) is 5.56 Å². The minimum atomic E-state index is -0.596. The van der Waals surface area contributed by atoms with Gasteiger partial charge in [-0.15, -0.1) is 0 Å². The number of hydrogen-bond donors (Lipinski definition) is 1. The molecule has 5 nitrogen and oxygen atoms in total. The molecular formula is C18H16Cl2N2O3. The number of benzene rings is 2. The van der Waals surface area contributed by atoms with Crippen LogP contribution in [0.4, 0.5) is 5.69 Å². The first-order valence-electron chi connectivity index (χ1n) is 7.96. The van der Waals surface area contributed by atoms with Crippen LogP contribution in [0.5, 0.6) is 0 Å². The lowest BCUT2D eigenvalue weighted by Gasteiger charge is -2.34. The average molecular weight is 379 g/mol. The molecule has 2 aromatic rings. The van der Waals surface area contributed by atoms with Crippen LogP contribution in [0.2, 0.25) is 10.0 Å². The molecule has 0 heterocycles. The van der Waals surface area contributed by atoms with Crippen molar-refractivity contribution in [2.45, 2.75) is 25.3 Å². The Kier molecular flexibility index (Phi) is 5.25. The van der Waals surface area contributed by atoms with E-state index in [1.165, 1.54) is 18.2 Å². The summed E-state index contributed by atoms with van der Waals surface area (Å²) in [5.74, 6) is -0.160. The highest BCUT2D eigenvalue weighted by Crippen LogP contribution is 2.38. The number of hydrogen-bond acceptors (Lipinski definition) is 3.